The van der Waals surface area contributed by atoms with Crippen molar-refractivity contribution in [3.05, 3.63) is 72.4 Å². The molecule has 2 aromatic carbocycles. The minimum absolute atomic E-state index is 0.668. The van der Waals surface area contributed by atoms with E-state index >= 15 is 0 Å². The molecule has 1 aromatic heterocycles. The van der Waals surface area contributed by atoms with Crippen molar-refractivity contribution in [3.63, 3.8) is 0 Å². The van der Waals surface area contributed by atoms with Crippen LogP contribution in [0.25, 0.3) is 10.9 Å². The first-order valence-corrected chi connectivity index (χ1v) is 8.82. The van der Waals surface area contributed by atoms with Crippen LogP contribution in [-0.2, 0) is 6.54 Å². The molecule has 3 rings (SSSR count). The Morgan fingerprint density at radius 1 is 1.00 bits per heavy atom. The van der Waals surface area contributed by atoms with E-state index in [1.165, 1.54) is 0 Å². The number of hydrogen-bond donors (Lipinski definition) is 2. The molecule has 0 atom stereocenters. The van der Waals surface area contributed by atoms with Crippen LogP contribution in [0.3, 0.4) is 0 Å². The number of para-hydroxylation sites is 2. The molecule has 0 saturated carbocycles. The fraction of sp³-hybridized carbons (Fsp3) is 0.238. The highest BCUT2D eigenvalue weighted by atomic mass is 16.5. The van der Waals surface area contributed by atoms with Crippen LogP contribution in [0.4, 0.5) is 0 Å². The first kappa shape index (κ1) is 17.7. The van der Waals surface area contributed by atoms with E-state index in [4.69, 9.17) is 4.74 Å². The van der Waals surface area contributed by atoms with Gasteiger partial charge < -0.3 is 15.4 Å². The van der Waals surface area contributed by atoms with Gasteiger partial charge in [0.05, 0.1) is 12.1 Å². The first-order valence-electron chi connectivity index (χ1n) is 8.82. The number of nitrogens with one attached hydrogen (secondary N) is 2. The summed E-state index contributed by atoms with van der Waals surface area (Å²) in [6.07, 6.45) is 2.72. The quantitative estimate of drug-likeness (QED) is 0.390. The number of aromatic nitrogens is 1. The molecule has 3 aromatic rings. The van der Waals surface area contributed by atoms with Gasteiger partial charge in [-0.1, -0.05) is 42.5 Å². The van der Waals surface area contributed by atoms with Crippen molar-refractivity contribution < 1.29 is 4.74 Å². The fourth-order valence-electron chi connectivity index (χ4n) is 2.70. The minimum Gasteiger partial charge on any atom is -0.494 e. The molecule has 2 N–H and O–H groups in total. The number of benzene rings is 2. The first-order chi connectivity index (χ1) is 12.9. The second-order valence-electron chi connectivity index (χ2n) is 5.86. The van der Waals surface area contributed by atoms with Crippen LogP contribution < -0.4 is 15.4 Å². The molecule has 0 unspecified atom stereocenters. The van der Waals surface area contributed by atoms with Gasteiger partial charge in [0.25, 0.3) is 0 Å². The number of ether oxygens (including phenoxy) is 1. The van der Waals surface area contributed by atoms with E-state index in [9.17, 15) is 0 Å². The minimum atomic E-state index is 0.668. The van der Waals surface area contributed by atoms with Crippen LogP contribution in [0.1, 0.15) is 12.0 Å². The van der Waals surface area contributed by atoms with Gasteiger partial charge in [0.15, 0.2) is 5.96 Å². The van der Waals surface area contributed by atoms with E-state index in [0.29, 0.717) is 13.2 Å². The standard InChI is InChI=1S/C21H24N4O/c1-22-21(24-14-7-15-26-19-11-3-2-4-12-19)25-16-18-9-5-8-17-10-6-13-23-20(17)18/h2-6,8-13H,7,14-16H2,1H3,(H2,22,24,25). The lowest BCUT2D eigenvalue weighted by Crippen LogP contribution is -2.37. The van der Waals surface area contributed by atoms with Crippen LogP contribution in [0.5, 0.6) is 5.75 Å². The van der Waals surface area contributed by atoms with Gasteiger partial charge in [-0.15, -0.1) is 0 Å². The normalized spacial score (nSPS) is 11.3. The fourth-order valence-corrected chi connectivity index (χ4v) is 2.70. The lowest BCUT2D eigenvalue weighted by molar-refractivity contribution is 0.311. The van der Waals surface area contributed by atoms with Crippen molar-refractivity contribution in [1.29, 1.82) is 0 Å². The molecule has 5 nitrogen and oxygen atoms in total. The van der Waals surface area contributed by atoms with Gasteiger partial charge >= 0.3 is 0 Å². The van der Waals surface area contributed by atoms with Crippen LogP contribution in [0.15, 0.2) is 71.9 Å². The van der Waals surface area contributed by atoms with Gasteiger partial charge in [-0.2, -0.15) is 0 Å². The Kier molecular flexibility index (Phi) is 6.42. The number of guanidine groups is 1. The average Bonchev–Trinajstić information content (AvgIpc) is 2.71. The number of fused-ring (bicyclic) bond motifs is 1. The monoisotopic (exact) mass is 348 g/mol. The number of pyridine rings is 1. The van der Waals surface area contributed by atoms with Crippen molar-refractivity contribution in [2.24, 2.45) is 4.99 Å². The summed E-state index contributed by atoms with van der Waals surface area (Å²) in [5.74, 6) is 1.68. The van der Waals surface area contributed by atoms with Gasteiger partial charge in [0, 0.05) is 31.7 Å². The Balaban J connectivity index is 1.43. The highest BCUT2D eigenvalue weighted by Gasteiger charge is 2.03. The maximum atomic E-state index is 5.69. The molecule has 0 aliphatic rings. The zero-order valence-electron chi connectivity index (χ0n) is 15.0. The molecule has 0 radical (unpaired) electrons. The maximum absolute atomic E-state index is 5.69. The Labute approximate surface area is 154 Å². The lowest BCUT2D eigenvalue weighted by atomic mass is 10.1. The van der Waals surface area contributed by atoms with Crippen LogP contribution in [0, 0.1) is 0 Å². The third-order valence-electron chi connectivity index (χ3n) is 4.01. The van der Waals surface area contributed by atoms with Crippen LogP contribution in [-0.4, -0.2) is 31.1 Å². The summed E-state index contributed by atoms with van der Waals surface area (Å²) in [5, 5.41) is 7.80. The number of hydrogen-bond acceptors (Lipinski definition) is 3. The van der Waals surface area contributed by atoms with Crippen molar-refractivity contribution >= 4 is 16.9 Å². The Morgan fingerprint density at radius 3 is 2.69 bits per heavy atom. The molecule has 5 heteroatoms. The molecule has 0 fully saturated rings. The molecular formula is C21H24N4O. The van der Waals surface area contributed by atoms with Crippen molar-refractivity contribution in [2.75, 3.05) is 20.2 Å². The third-order valence-corrected chi connectivity index (χ3v) is 4.01. The molecule has 1 heterocycles. The highest BCUT2D eigenvalue weighted by molar-refractivity contribution is 5.83. The predicted octanol–water partition coefficient (Wildman–Crippen LogP) is 3.37. The number of rotatable bonds is 7. The van der Waals surface area contributed by atoms with Gasteiger partial charge in [0.2, 0.25) is 0 Å². The highest BCUT2D eigenvalue weighted by Crippen LogP contribution is 2.15. The van der Waals surface area contributed by atoms with Gasteiger partial charge in [-0.05, 0) is 30.2 Å². The van der Waals surface area contributed by atoms with Crippen molar-refractivity contribution in [1.82, 2.24) is 15.6 Å². The largest absolute Gasteiger partial charge is 0.494 e. The average molecular weight is 348 g/mol. The number of aliphatic imine (C=N–C) groups is 1. The van der Waals surface area contributed by atoms with Gasteiger partial charge in [-0.3, -0.25) is 9.98 Å². The van der Waals surface area contributed by atoms with Gasteiger partial charge in [0.1, 0.15) is 5.75 Å². The summed E-state index contributed by atoms with van der Waals surface area (Å²) < 4.78 is 5.69. The molecule has 26 heavy (non-hydrogen) atoms. The van der Waals surface area contributed by atoms with E-state index in [-0.39, 0.29) is 0 Å². The summed E-state index contributed by atoms with van der Waals surface area (Å²) in [7, 11) is 1.77. The Hall–Kier alpha value is -3.08. The summed E-state index contributed by atoms with van der Waals surface area (Å²) in [4.78, 5) is 8.76. The van der Waals surface area contributed by atoms with Crippen molar-refractivity contribution in [2.45, 2.75) is 13.0 Å². The maximum Gasteiger partial charge on any atom is 0.191 e. The molecule has 0 amide bonds. The topological polar surface area (TPSA) is 58.5 Å². The van der Waals surface area contributed by atoms with Crippen molar-refractivity contribution in [3.8, 4) is 5.75 Å². The van der Waals surface area contributed by atoms with E-state index in [2.05, 4.69) is 44.9 Å². The third kappa shape index (κ3) is 4.96. The second kappa shape index (κ2) is 9.42. The van der Waals surface area contributed by atoms with Crippen LogP contribution in [0.2, 0.25) is 0 Å². The molecule has 0 spiro atoms. The molecular weight excluding hydrogens is 324 g/mol. The van der Waals surface area contributed by atoms with Crippen LogP contribution >= 0.6 is 0 Å². The lowest BCUT2D eigenvalue weighted by Gasteiger charge is -2.13. The zero-order valence-corrected chi connectivity index (χ0v) is 15.0. The molecule has 134 valence electrons. The van der Waals surface area contributed by atoms with E-state index < -0.39 is 0 Å². The Morgan fingerprint density at radius 2 is 1.85 bits per heavy atom. The molecule has 0 bridgehead atoms. The summed E-state index contributed by atoms with van der Waals surface area (Å²) in [6.45, 7) is 2.14. The number of nitrogens with zero attached hydrogens (tertiary/aromatic N) is 2. The second-order valence-corrected chi connectivity index (χ2v) is 5.86. The van der Waals surface area contributed by atoms with Gasteiger partial charge in [-0.25, -0.2) is 0 Å². The summed E-state index contributed by atoms with van der Waals surface area (Å²) in [5.41, 5.74) is 2.17. The SMILES string of the molecule is CN=C(NCCCOc1ccccc1)NCc1cccc2cccnc12. The van der Waals surface area contributed by atoms with E-state index in [1.54, 1.807) is 7.05 Å². The molecule has 0 saturated heterocycles. The Bertz CT molecular complexity index is 844. The summed E-state index contributed by atoms with van der Waals surface area (Å²) >= 11 is 0. The van der Waals surface area contributed by atoms with E-state index in [1.807, 2.05) is 42.6 Å². The zero-order chi connectivity index (χ0) is 18.0. The smallest absolute Gasteiger partial charge is 0.191 e. The predicted molar refractivity (Wildman–Crippen MR) is 106 cm³/mol. The summed E-state index contributed by atoms with van der Waals surface area (Å²) in [6, 6.07) is 20.1. The van der Waals surface area contributed by atoms with E-state index in [0.717, 1.165) is 41.1 Å². The molecule has 0 aliphatic heterocycles. The molecule has 0 aliphatic carbocycles.